The van der Waals surface area contributed by atoms with Gasteiger partial charge in [-0.25, -0.2) is 4.98 Å². The first-order valence-electron chi connectivity index (χ1n) is 5.63. The highest BCUT2D eigenvalue weighted by Crippen LogP contribution is 2.27. The number of hydrogen-bond donors (Lipinski definition) is 1. The van der Waals surface area contributed by atoms with Gasteiger partial charge in [0.2, 0.25) is 0 Å². The highest BCUT2D eigenvalue weighted by molar-refractivity contribution is 6.03. The molecule has 0 saturated heterocycles. The molecule has 2 heterocycles. The lowest BCUT2D eigenvalue weighted by Crippen LogP contribution is -2.14. The van der Waals surface area contributed by atoms with Gasteiger partial charge in [0.25, 0.3) is 5.91 Å². The Morgan fingerprint density at radius 1 is 1.10 bits per heavy atom. The minimum absolute atomic E-state index is 0.0281. The second kappa shape index (κ2) is 5.28. The van der Waals surface area contributed by atoms with Gasteiger partial charge in [-0.3, -0.25) is 9.78 Å². The molecule has 0 bridgehead atoms. The fourth-order valence-electron chi connectivity index (χ4n) is 1.43. The number of carbonyl (C=O) groups is 1. The summed E-state index contributed by atoms with van der Waals surface area (Å²) in [6.45, 7) is 1.85. The van der Waals surface area contributed by atoms with Gasteiger partial charge in [-0.15, -0.1) is 0 Å². The molecule has 0 unspecified atom stereocenters. The summed E-state index contributed by atoms with van der Waals surface area (Å²) in [5.41, 5.74) is -0.0814. The van der Waals surface area contributed by atoms with E-state index in [1.165, 1.54) is 0 Å². The highest BCUT2D eigenvalue weighted by Gasteiger charge is 2.32. The van der Waals surface area contributed by atoms with Crippen molar-refractivity contribution in [3.05, 3.63) is 53.5 Å². The van der Waals surface area contributed by atoms with Crippen molar-refractivity contribution in [2.75, 3.05) is 5.32 Å². The summed E-state index contributed by atoms with van der Waals surface area (Å²) in [6, 6.07) is 5.19. The highest BCUT2D eigenvalue weighted by atomic mass is 19.4. The van der Waals surface area contributed by atoms with Crippen LogP contribution in [0.1, 0.15) is 21.6 Å². The number of aromatic nitrogens is 2. The molecule has 7 heteroatoms. The number of aryl methyl sites for hydroxylation is 1. The van der Waals surface area contributed by atoms with E-state index in [0.29, 0.717) is 5.82 Å². The smallest absolute Gasteiger partial charge is 0.307 e. The molecule has 0 aliphatic heterocycles. The Bertz CT molecular complexity index is 606. The van der Waals surface area contributed by atoms with Gasteiger partial charge < -0.3 is 5.32 Å². The van der Waals surface area contributed by atoms with Gasteiger partial charge in [0.15, 0.2) is 0 Å². The van der Waals surface area contributed by atoms with E-state index in [9.17, 15) is 18.0 Å². The number of halogens is 3. The van der Waals surface area contributed by atoms with Gasteiger partial charge in [-0.05, 0) is 30.7 Å². The molecule has 4 nitrogen and oxygen atoms in total. The van der Waals surface area contributed by atoms with Gasteiger partial charge in [-0.2, -0.15) is 13.2 Å². The minimum atomic E-state index is -4.52. The SMILES string of the molecule is Cc1ccc(NC(=O)c2ccc(C(F)(F)F)nc2)nc1. The number of alkyl halides is 3. The molecule has 0 aliphatic rings. The first-order valence-corrected chi connectivity index (χ1v) is 5.63. The van der Waals surface area contributed by atoms with Crippen LogP contribution >= 0.6 is 0 Å². The molecule has 104 valence electrons. The molecule has 20 heavy (non-hydrogen) atoms. The molecule has 2 aromatic rings. The van der Waals surface area contributed by atoms with Crippen LogP contribution in [-0.4, -0.2) is 15.9 Å². The largest absolute Gasteiger partial charge is 0.433 e. The Balaban J connectivity index is 2.11. The standard InChI is InChI=1S/C13H10F3N3O/c1-8-2-5-11(18-6-8)19-12(20)9-3-4-10(17-7-9)13(14,15)16/h2-7H,1H3,(H,18,19,20). The van der Waals surface area contributed by atoms with E-state index in [2.05, 4.69) is 15.3 Å². The van der Waals surface area contributed by atoms with Crippen LogP contribution in [0.4, 0.5) is 19.0 Å². The summed E-state index contributed by atoms with van der Waals surface area (Å²) in [5.74, 6) is -0.247. The molecule has 0 fully saturated rings. The summed E-state index contributed by atoms with van der Waals surface area (Å²) in [4.78, 5) is 19.0. The third-order valence-electron chi connectivity index (χ3n) is 2.47. The van der Waals surface area contributed by atoms with Crippen molar-refractivity contribution in [1.82, 2.24) is 9.97 Å². The van der Waals surface area contributed by atoms with Crippen molar-refractivity contribution in [1.29, 1.82) is 0 Å². The Morgan fingerprint density at radius 2 is 1.85 bits per heavy atom. The molecule has 0 saturated carbocycles. The van der Waals surface area contributed by atoms with Crippen molar-refractivity contribution >= 4 is 11.7 Å². The van der Waals surface area contributed by atoms with Crippen molar-refractivity contribution < 1.29 is 18.0 Å². The Labute approximate surface area is 112 Å². The predicted octanol–water partition coefficient (Wildman–Crippen LogP) is 3.06. The topological polar surface area (TPSA) is 54.9 Å². The average Bonchev–Trinajstić information content (AvgIpc) is 2.40. The second-order valence-corrected chi connectivity index (χ2v) is 4.10. The minimum Gasteiger partial charge on any atom is -0.307 e. The maximum atomic E-state index is 12.3. The summed E-state index contributed by atoms with van der Waals surface area (Å²) in [6.07, 6.45) is -2.07. The summed E-state index contributed by atoms with van der Waals surface area (Å²) < 4.78 is 37.0. The predicted molar refractivity (Wildman–Crippen MR) is 66.2 cm³/mol. The third-order valence-corrected chi connectivity index (χ3v) is 2.47. The molecule has 0 aliphatic carbocycles. The molecular weight excluding hydrogens is 271 g/mol. The normalized spacial score (nSPS) is 11.2. The van der Waals surface area contributed by atoms with E-state index in [-0.39, 0.29) is 5.56 Å². The number of pyridine rings is 2. The lowest BCUT2D eigenvalue weighted by molar-refractivity contribution is -0.141. The van der Waals surface area contributed by atoms with Crippen LogP contribution in [0.15, 0.2) is 36.7 Å². The first kappa shape index (κ1) is 14.0. The van der Waals surface area contributed by atoms with Gasteiger partial charge >= 0.3 is 6.18 Å². The van der Waals surface area contributed by atoms with Crippen molar-refractivity contribution in [2.45, 2.75) is 13.1 Å². The van der Waals surface area contributed by atoms with Crippen LogP contribution in [0.3, 0.4) is 0 Å². The number of rotatable bonds is 2. The van der Waals surface area contributed by atoms with E-state index >= 15 is 0 Å². The van der Waals surface area contributed by atoms with Gasteiger partial charge in [0.05, 0.1) is 5.56 Å². The van der Waals surface area contributed by atoms with Crippen molar-refractivity contribution in [3.63, 3.8) is 0 Å². The quantitative estimate of drug-likeness (QED) is 0.920. The van der Waals surface area contributed by atoms with Crippen LogP contribution < -0.4 is 5.32 Å². The lowest BCUT2D eigenvalue weighted by atomic mass is 10.2. The van der Waals surface area contributed by atoms with Crippen molar-refractivity contribution in [3.8, 4) is 0 Å². The third kappa shape index (κ3) is 3.31. The van der Waals surface area contributed by atoms with Crippen LogP contribution in [-0.2, 0) is 6.18 Å². The zero-order valence-electron chi connectivity index (χ0n) is 10.4. The lowest BCUT2D eigenvalue weighted by Gasteiger charge is -2.07. The van der Waals surface area contributed by atoms with Gasteiger partial charge in [-0.1, -0.05) is 6.07 Å². The molecule has 0 radical (unpaired) electrons. The summed E-state index contributed by atoms with van der Waals surface area (Å²) in [5, 5.41) is 2.47. The number of amides is 1. The van der Waals surface area contributed by atoms with Crippen LogP contribution in [0.2, 0.25) is 0 Å². The van der Waals surface area contributed by atoms with Gasteiger partial charge in [0.1, 0.15) is 11.5 Å². The average molecular weight is 281 g/mol. The number of carbonyl (C=O) groups excluding carboxylic acids is 1. The number of anilines is 1. The molecule has 0 spiro atoms. The molecule has 0 aromatic carbocycles. The van der Waals surface area contributed by atoms with Gasteiger partial charge in [0, 0.05) is 12.4 Å². The van der Waals surface area contributed by atoms with Crippen LogP contribution in [0.25, 0.3) is 0 Å². The van der Waals surface area contributed by atoms with Crippen LogP contribution in [0, 0.1) is 6.92 Å². The molecular formula is C13H10F3N3O. The zero-order chi connectivity index (χ0) is 14.8. The molecule has 1 N–H and O–H groups in total. The second-order valence-electron chi connectivity index (χ2n) is 4.10. The van der Waals surface area contributed by atoms with E-state index in [1.54, 1.807) is 18.3 Å². The Kier molecular flexibility index (Phi) is 3.69. The molecule has 2 rings (SSSR count). The maximum Gasteiger partial charge on any atom is 0.433 e. The first-order chi connectivity index (χ1) is 9.36. The fraction of sp³-hybridized carbons (Fsp3) is 0.154. The van der Waals surface area contributed by atoms with E-state index < -0.39 is 17.8 Å². The molecule has 1 amide bonds. The van der Waals surface area contributed by atoms with E-state index in [4.69, 9.17) is 0 Å². The van der Waals surface area contributed by atoms with Crippen LogP contribution in [0.5, 0.6) is 0 Å². The summed E-state index contributed by atoms with van der Waals surface area (Å²) in [7, 11) is 0. The number of nitrogens with one attached hydrogen (secondary N) is 1. The van der Waals surface area contributed by atoms with E-state index in [0.717, 1.165) is 23.9 Å². The van der Waals surface area contributed by atoms with Crippen molar-refractivity contribution in [2.24, 2.45) is 0 Å². The Morgan fingerprint density at radius 3 is 2.35 bits per heavy atom. The maximum absolute atomic E-state index is 12.3. The number of nitrogens with zero attached hydrogens (tertiary/aromatic N) is 2. The zero-order valence-corrected chi connectivity index (χ0v) is 10.4. The summed E-state index contributed by atoms with van der Waals surface area (Å²) >= 11 is 0. The van der Waals surface area contributed by atoms with E-state index in [1.807, 2.05) is 6.92 Å². The molecule has 0 atom stereocenters. The Hall–Kier alpha value is -2.44. The monoisotopic (exact) mass is 281 g/mol. The number of hydrogen-bond acceptors (Lipinski definition) is 3. The molecule has 2 aromatic heterocycles. The fourth-order valence-corrected chi connectivity index (χ4v) is 1.43.